The summed E-state index contributed by atoms with van der Waals surface area (Å²) in [6.07, 6.45) is 3.19. The minimum atomic E-state index is -4.62. The molecule has 1 amide bonds. The Morgan fingerprint density at radius 2 is 1.74 bits per heavy atom. The molecule has 0 unspecified atom stereocenters. The minimum Gasteiger partial charge on any atom is -0.393 e. The molecule has 1 aromatic heterocycles. The number of amides is 1. The molecule has 0 aliphatic heterocycles. The molecule has 2 atom stereocenters. The Morgan fingerprint density at radius 3 is 2.41 bits per heavy atom. The molecule has 186 valence electrons. The highest BCUT2D eigenvalue weighted by Crippen LogP contribution is 2.36. The van der Waals surface area contributed by atoms with E-state index in [4.69, 9.17) is 0 Å². The van der Waals surface area contributed by atoms with E-state index in [2.05, 4.69) is 5.32 Å². The minimum absolute atomic E-state index is 0.0675. The number of nitrogens with zero attached hydrogens (tertiary/aromatic N) is 1. The van der Waals surface area contributed by atoms with Gasteiger partial charge in [-0.3, -0.25) is 4.79 Å². The first kappa shape index (κ1) is 24.8. The zero-order valence-electron chi connectivity index (χ0n) is 19.4. The Balaban J connectivity index is 1.75. The summed E-state index contributed by atoms with van der Waals surface area (Å²) in [5.41, 5.74) is -0.00611. The molecule has 8 heteroatoms. The molecule has 2 N–H and O–H groups in total. The lowest BCUT2D eigenvalue weighted by molar-refractivity contribution is -0.137. The molecule has 1 aromatic carbocycles. The molecule has 2 aliphatic rings. The average molecular weight is 481 g/mol. The van der Waals surface area contributed by atoms with Crippen molar-refractivity contribution in [1.29, 1.82) is 0 Å². The van der Waals surface area contributed by atoms with Crippen molar-refractivity contribution in [2.45, 2.75) is 89.6 Å². The summed E-state index contributed by atoms with van der Waals surface area (Å²) in [6.45, 7) is 2.05. The fourth-order valence-electron chi connectivity index (χ4n) is 5.38. The van der Waals surface area contributed by atoms with Crippen molar-refractivity contribution in [3.05, 3.63) is 46.9 Å². The summed E-state index contributed by atoms with van der Waals surface area (Å²) in [4.78, 5) is 13.2. The van der Waals surface area contributed by atoms with Gasteiger partial charge >= 0.3 is 6.18 Å². The van der Waals surface area contributed by atoms with Crippen LogP contribution in [0.2, 0.25) is 0 Å². The molecule has 0 spiro atoms. The van der Waals surface area contributed by atoms with Crippen LogP contribution >= 0.6 is 0 Å². The maximum absolute atomic E-state index is 14.9. The van der Waals surface area contributed by atoms with Crippen LogP contribution < -0.4 is 5.32 Å². The van der Waals surface area contributed by atoms with E-state index < -0.39 is 23.7 Å². The number of hydrogen-bond donors (Lipinski definition) is 2. The van der Waals surface area contributed by atoms with Crippen LogP contribution in [-0.4, -0.2) is 27.7 Å². The molecule has 4 nitrogen and oxygen atoms in total. The van der Waals surface area contributed by atoms with Gasteiger partial charge in [-0.1, -0.05) is 32.1 Å². The van der Waals surface area contributed by atoms with Gasteiger partial charge in [-0.05, 0) is 56.9 Å². The SMILES string of the molecule is Cc1c(C(=O)NC2CCCCC2)cc(-c2cc(C(F)(F)F)ccc2F)n1C[C@@H]1CCCC[C@@H]1O. The molecule has 1 heterocycles. The molecule has 0 bridgehead atoms. The summed E-state index contributed by atoms with van der Waals surface area (Å²) in [7, 11) is 0. The number of benzene rings is 1. The van der Waals surface area contributed by atoms with Gasteiger partial charge in [0.25, 0.3) is 5.91 Å². The van der Waals surface area contributed by atoms with Crippen molar-refractivity contribution < 1.29 is 27.5 Å². The van der Waals surface area contributed by atoms with E-state index in [9.17, 15) is 27.5 Å². The summed E-state index contributed by atoms with van der Waals surface area (Å²) < 4.78 is 56.7. The number of nitrogens with one attached hydrogen (secondary N) is 1. The summed E-state index contributed by atoms with van der Waals surface area (Å²) in [6, 6.07) is 3.92. The standard InChI is InChI=1S/C26H32F4N2O2/c1-16-20(25(34)31-19-8-3-2-4-9-19)14-23(32(16)15-17-7-5-6-10-24(17)33)21-13-18(26(28,29)30)11-12-22(21)27/h11-14,17,19,24,33H,2-10,15H2,1H3,(H,31,34)/t17-,24-/m0/s1. The van der Waals surface area contributed by atoms with Crippen molar-refractivity contribution in [3.63, 3.8) is 0 Å². The summed E-state index contributed by atoms with van der Waals surface area (Å²) >= 11 is 0. The first-order chi connectivity index (χ1) is 16.1. The Kier molecular flexibility index (Phi) is 7.36. The second-order valence-electron chi connectivity index (χ2n) is 9.75. The van der Waals surface area contributed by atoms with Crippen LogP contribution in [0.15, 0.2) is 24.3 Å². The quantitative estimate of drug-likeness (QED) is 0.498. The number of alkyl halides is 3. The Labute approximate surface area is 197 Å². The fourth-order valence-corrected chi connectivity index (χ4v) is 5.38. The molecule has 2 fully saturated rings. The third-order valence-corrected chi connectivity index (χ3v) is 7.41. The van der Waals surface area contributed by atoms with Crippen LogP contribution in [0.1, 0.15) is 79.4 Å². The lowest BCUT2D eigenvalue weighted by Crippen LogP contribution is -2.36. The lowest BCUT2D eigenvalue weighted by atomic mass is 9.86. The van der Waals surface area contributed by atoms with Gasteiger partial charge in [0.2, 0.25) is 0 Å². The van der Waals surface area contributed by atoms with E-state index in [-0.39, 0.29) is 29.1 Å². The second-order valence-corrected chi connectivity index (χ2v) is 9.75. The number of aromatic nitrogens is 1. The monoisotopic (exact) mass is 480 g/mol. The topological polar surface area (TPSA) is 54.3 Å². The number of aliphatic hydroxyl groups excluding tert-OH is 1. The number of halogens is 4. The van der Waals surface area contributed by atoms with Gasteiger partial charge in [0, 0.05) is 29.8 Å². The Bertz CT molecular complexity index is 1020. The molecular formula is C26H32F4N2O2. The van der Waals surface area contributed by atoms with Crippen molar-refractivity contribution in [1.82, 2.24) is 9.88 Å². The molecule has 2 aliphatic carbocycles. The molecule has 34 heavy (non-hydrogen) atoms. The van der Waals surface area contributed by atoms with Gasteiger partial charge in [0.05, 0.1) is 22.9 Å². The van der Waals surface area contributed by atoms with Gasteiger partial charge in [-0.2, -0.15) is 13.2 Å². The van der Waals surface area contributed by atoms with Gasteiger partial charge in [-0.25, -0.2) is 4.39 Å². The third kappa shape index (κ3) is 5.32. The lowest BCUT2D eigenvalue weighted by Gasteiger charge is -2.29. The largest absolute Gasteiger partial charge is 0.416 e. The highest BCUT2D eigenvalue weighted by atomic mass is 19.4. The number of carbonyl (C=O) groups is 1. The molecular weight excluding hydrogens is 448 g/mol. The molecule has 0 saturated heterocycles. The van der Waals surface area contributed by atoms with Crippen LogP contribution in [0.4, 0.5) is 17.6 Å². The van der Waals surface area contributed by atoms with E-state index in [0.29, 0.717) is 24.2 Å². The van der Waals surface area contributed by atoms with Crippen LogP contribution in [0.25, 0.3) is 11.3 Å². The number of aliphatic hydroxyl groups is 1. The van der Waals surface area contributed by atoms with Crippen LogP contribution in [0, 0.1) is 18.7 Å². The van der Waals surface area contributed by atoms with Crippen molar-refractivity contribution in [2.75, 3.05) is 0 Å². The van der Waals surface area contributed by atoms with Gasteiger partial charge in [-0.15, -0.1) is 0 Å². The van der Waals surface area contributed by atoms with E-state index in [1.807, 2.05) is 0 Å². The zero-order valence-corrected chi connectivity index (χ0v) is 19.4. The first-order valence-corrected chi connectivity index (χ1v) is 12.2. The molecule has 4 rings (SSSR count). The van der Waals surface area contributed by atoms with Crippen LogP contribution in [-0.2, 0) is 12.7 Å². The summed E-state index contributed by atoms with van der Waals surface area (Å²) in [5.74, 6) is -1.18. The highest BCUT2D eigenvalue weighted by molar-refractivity contribution is 5.97. The van der Waals surface area contributed by atoms with Crippen molar-refractivity contribution in [2.24, 2.45) is 5.92 Å². The van der Waals surface area contributed by atoms with Gasteiger partial charge < -0.3 is 15.0 Å². The first-order valence-electron chi connectivity index (χ1n) is 12.2. The fraction of sp³-hybridized carbons (Fsp3) is 0.577. The predicted molar refractivity (Wildman–Crippen MR) is 122 cm³/mol. The number of hydrogen-bond acceptors (Lipinski definition) is 2. The summed E-state index contributed by atoms with van der Waals surface area (Å²) in [5, 5.41) is 13.6. The Morgan fingerprint density at radius 1 is 1.06 bits per heavy atom. The third-order valence-electron chi connectivity index (χ3n) is 7.41. The van der Waals surface area contributed by atoms with Crippen molar-refractivity contribution in [3.8, 4) is 11.3 Å². The van der Waals surface area contributed by atoms with E-state index in [0.717, 1.165) is 69.6 Å². The molecule has 0 radical (unpaired) electrons. The van der Waals surface area contributed by atoms with Crippen LogP contribution in [0.5, 0.6) is 0 Å². The van der Waals surface area contributed by atoms with Crippen LogP contribution in [0.3, 0.4) is 0 Å². The average Bonchev–Trinajstić information content (AvgIpc) is 3.11. The smallest absolute Gasteiger partial charge is 0.393 e. The van der Waals surface area contributed by atoms with E-state index in [1.54, 1.807) is 11.5 Å². The number of carbonyl (C=O) groups excluding carboxylic acids is 1. The molecule has 2 aromatic rings. The highest BCUT2D eigenvalue weighted by Gasteiger charge is 2.33. The predicted octanol–water partition coefficient (Wildman–Crippen LogP) is 6.24. The maximum Gasteiger partial charge on any atom is 0.416 e. The van der Waals surface area contributed by atoms with Gasteiger partial charge in [0.15, 0.2) is 0 Å². The van der Waals surface area contributed by atoms with Gasteiger partial charge in [0.1, 0.15) is 5.82 Å². The molecule has 2 saturated carbocycles. The van der Waals surface area contributed by atoms with E-state index >= 15 is 0 Å². The normalized spacial score (nSPS) is 22.1. The van der Waals surface area contributed by atoms with Crippen molar-refractivity contribution >= 4 is 5.91 Å². The zero-order chi connectivity index (χ0) is 24.5. The maximum atomic E-state index is 14.9. The second kappa shape index (κ2) is 10.1. The Hall–Kier alpha value is -2.35. The van der Waals surface area contributed by atoms with E-state index in [1.165, 1.54) is 6.07 Å². The number of rotatable bonds is 5.